The van der Waals surface area contributed by atoms with E-state index >= 15 is 0 Å². The smallest absolute Gasteiger partial charge is 0.408 e. The molecule has 0 spiro atoms. The summed E-state index contributed by atoms with van der Waals surface area (Å²) in [6, 6.07) is -0.696. The number of carbonyl (C=O) groups is 2. The van der Waals surface area contributed by atoms with Crippen LogP contribution in [0.5, 0.6) is 0 Å². The van der Waals surface area contributed by atoms with Crippen molar-refractivity contribution >= 4 is 12.1 Å². The molecule has 0 aliphatic heterocycles. The molecule has 1 amide bonds. The van der Waals surface area contributed by atoms with Crippen LogP contribution in [0.15, 0.2) is 12.7 Å². The maximum absolute atomic E-state index is 11.6. The van der Waals surface area contributed by atoms with Gasteiger partial charge in [0, 0.05) is 0 Å². The molecule has 0 unspecified atom stereocenters. The first-order valence-corrected chi connectivity index (χ1v) is 6.07. The molecule has 5 heteroatoms. The quantitative estimate of drug-likeness (QED) is 0.586. The van der Waals surface area contributed by atoms with Gasteiger partial charge in [0.15, 0.2) is 0 Å². The number of ether oxygens (including phenoxy) is 2. The molecule has 0 saturated heterocycles. The van der Waals surface area contributed by atoms with E-state index in [0.717, 1.165) is 0 Å². The molecule has 0 aliphatic rings. The molecule has 5 nitrogen and oxygen atoms in total. The Labute approximate surface area is 109 Å². The zero-order valence-corrected chi connectivity index (χ0v) is 11.6. The lowest BCUT2D eigenvalue weighted by atomic mass is 10.1. The SMILES string of the molecule is C=CCC[C@H](NC(=O)OC(C)(C)C)C(=O)OCC. The van der Waals surface area contributed by atoms with Gasteiger partial charge < -0.3 is 14.8 Å². The monoisotopic (exact) mass is 257 g/mol. The summed E-state index contributed by atoms with van der Waals surface area (Å²) >= 11 is 0. The van der Waals surface area contributed by atoms with E-state index in [2.05, 4.69) is 11.9 Å². The van der Waals surface area contributed by atoms with Gasteiger partial charge in [-0.05, 0) is 40.5 Å². The number of esters is 1. The number of nitrogens with one attached hydrogen (secondary N) is 1. The average Bonchev–Trinajstić information content (AvgIpc) is 2.21. The molecule has 0 radical (unpaired) electrons. The van der Waals surface area contributed by atoms with Gasteiger partial charge in [-0.1, -0.05) is 6.08 Å². The average molecular weight is 257 g/mol. The third kappa shape index (κ3) is 7.70. The van der Waals surface area contributed by atoms with Crippen LogP contribution in [-0.2, 0) is 14.3 Å². The predicted molar refractivity (Wildman–Crippen MR) is 69.2 cm³/mol. The molecular formula is C13H23NO4. The van der Waals surface area contributed by atoms with E-state index in [1.807, 2.05) is 0 Å². The van der Waals surface area contributed by atoms with Crippen molar-refractivity contribution in [1.82, 2.24) is 5.32 Å². The minimum atomic E-state index is -0.696. The molecule has 0 heterocycles. The fourth-order valence-corrected chi connectivity index (χ4v) is 1.23. The lowest BCUT2D eigenvalue weighted by Gasteiger charge is -2.22. The zero-order chi connectivity index (χ0) is 14.2. The van der Waals surface area contributed by atoms with Gasteiger partial charge in [0.1, 0.15) is 11.6 Å². The third-order valence-electron chi connectivity index (χ3n) is 1.92. The maximum atomic E-state index is 11.6. The van der Waals surface area contributed by atoms with Crippen molar-refractivity contribution in [3.8, 4) is 0 Å². The number of hydrogen-bond acceptors (Lipinski definition) is 4. The second-order valence-corrected chi connectivity index (χ2v) is 4.82. The van der Waals surface area contributed by atoms with Crippen LogP contribution in [-0.4, -0.2) is 30.3 Å². The first-order chi connectivity index (χ1) is 8.30. The maximum Gasteiger partial charge on any atom is 0.408 e. The first-order valence-electron chi connectivity index (χ1n) is 6.07. The third-order valence-corrected chi connectivity index (χ3v) is 1.92. The van der Waals surface area contributed by atoms with Crippen LogP contribution in [0.25, 0.3) is 0 Å². The molecule has 18 heavy (non-hydrogen) atoms. The van der Waals surface area contributed by atoms with E-state index in [0.29, 0.717) is 12.8 Å². The van der Waals surface area contributed by atoms with Gasteiger partial charge >= 0.3 is 12.1 Å². The van der Waals surface area contributed by atoms with Crippen LogP contribution >= 0.6 is 0 Å². The lowest BCUT2D eigenvalue weighted by molar-refractivity contribution is -0.145. The van der Waals surface area contributed by atoms with Gasteiger partial charge in [-0.3, -0.25) is 0 Å². The molecule has 1 atom stereocenters. The van der Waals surface area contributed by atoms with Crippen molar-refractivity contribution in [3.63, 3.8) is 0 Å². The molecule has 1 N–H and O–H groups in total. The minimum absolute atomic E-state index is 0.277. The molecule has 0 fully saturated rings. The van der Waals surface area contributed by atoms with E-state index in [1.165, 1.54) is 0 Å². The summed E-state index contributed by atoms with van der Waals surface area (Å²) in [5.41, 5.74) is -0.596. The summed E-state index contributed by atoms with van der Waals surface area (Å²) in [6.45, 7) is 10.9. The number of rotatable bonds is 6. The van der Waals surface area contributed by atoms with Gasteiger partial charge in [-0.25, -0.2) is 9.59 Å². The zero-order valence-electron chi connectivity index (χ0n) is 11.6. The van der Waals surface area contributed by atoms with Crippen LogP contribution in [0, 0.1) is 0 Å². The lowest BCUT2D eigenvalue weighted by Crippen LogP contribution is -2.44. The predicted octanol–water partition coefficient (Wildman–Crippen LogP) is 2.41. The van der Waals surface area contributed by atoms with Crippen LogP contribution in [0.4, 0.5) is 4.79 Å². The van der Waals surface area contributed by atoms with Crippen molar-refractivity contribution in [3.05, 3.63) is 12.7 Å². The van der Waals surface area contributed by atoms with Crippen LogP contribution in [0.1, 0.15) is 40.5 Å². The van der Waals surface area contributed by atoms with Crippen molar-refractivity contribution < 1.29 is 19.1 Å². The number of amides is 1. The van der Waals surface area contributed by atoms with Crippen molar-refractivity contribution in [2.24, 2.45) is 0 Å². The second kappa shape index (κ2) is 7.74. The normalized spacial score (nSPS) is 12.4. The molecule has 0 rings (SSSR count). The van der Waals surface area contributed by atoms with Crippen molar-refractivity contribution in [2.45, 2.75) is 52.2 Å². The highest BCUT2D eigenvalue weighted by atomic mass is 16.6. The highest BCUT2D eigenvalue weighted by Crippen LogP contribution is 2.08. The summed E-state index contributed by atoms with van der Waals surface area (Å²) < 4.78 is 9.98. The van der Waals surface area contributed by atoms with Gasteiger partial charge in [0.05, 0.1) is 6.61 Å². The van der Waals surface area contributed by atoms with Crippen molar-refractivity contribution in [2.75, 3.05) is 6.61 Å². The largest absolute Gasteiger partial charge is 0.464 e. The topological polar surface area (TPSA) is 64.6 Å². The Morgan fingerprint density at radius 1 is 1.39 bits per heavy atom. The molecule has 0 bridgehead atoms. The van der Waals surface area contributed by atoms with Gasteiger partial charge in [0.2, 0.25) is 0 Å². The van der Waals surface area contributed by atoms with Crippen LogP contribution in [0.3, 0.4) is 0 Å². The summed E-state index contributed by atoms with van der Waals surface area (Å²) in [6.07, 6.45) is 2.12. The molecule has 0 aromatic carbocycles. The first kappa shape index (κ1) is 16.5. The molecule has 0 aliphatic carbocycles. The van der Waals surface area contributed by atoms with Crippen LogP contribution in [0.2, 0.25) is 0 Å². The number of alkyl carbamates (subject to hydrolysis) is 1. The summed E-state index contributed by atoms with van der Waals surface area (Å²) in [5, 5.41) is 2.51. The summed E-state index contributed by atoms with van der Waals surface area (Å²) in [5.74, 6) is -0.454. The van der Waals surface area contributed by atoms with Crippen LogP contribution < -0.4 is 5.32 Å². The minimum Gasteiger partial charge on any atom is -0.464 e. The second-order valence-electron chi connectivity index (χ2n) is 4.82. The Kier molecular flexibility index (Phi) is 7.08. The Morgan fingerprint density at radius 3 is 2.44 bits per heavy atom. The molecular weight excluding hydrogens is 234 g/mol. The molecule has 0 aromatic rings. The molecule has 104 valence electrons. The Hall–Kier alpha value is -1.52. The van der Waals surface area contributed by atoms with E-state index < -0.39 is 23.7 Å². The van der Waals surface area contributed by atoms with E-state index in [4.69, 9.17) is 9.47 Å². The fourth-order valence-electron chi connectivity index (χ4n) is 1.23. The molecule has 0 saturated carbocycles. The van der Waals surface area contributed by atoms with Gasteiger partial charge in [-0.15, -0.1) is 6.58 Å². The Bertz CT molecular complexity index is 294. The summed E-state index contributed by atoms with van der Waals surface area (Å²) in [4.78, 5) is 23.2. The highest BCUT2D eigenvalue weighted by Gasteiger charge is 2.24. The Balaban J connectivity index is 4.43. The summed E-state index contributed by atoms with van der Waals surface area (Å²) in [7, 11) is 0. The standard InChI is InChI=1S/C13H23NO4/c1-6-8-9-10(11(15)17-7-2)14-12(16)18-13(3,4)5/h6,10H,1,7-9H2,2-5H3,(H,14,16)/t10-/m0/s1. The molecule has 0 aromatic heterocycles. The number of allylic oxidation sites excluding steroid dienone is 1. The Morgan fingerprint density at radius 2 is 2.00 bits per heavy atom. The highest BCUT2D eigenvalue weighted by molar-refractivity contribution is 5.81. The van der Waals surface area contributed by atoms with Gasteiger partial charge in [0.25, 0.3) is 0 Å². The fraction of sp³-hybridized carbons (Fsp3) is 0.692. The number of carbonyl (C=O) groups excluding carboxylic acids is 2. The van der Waals surface area contributed by atoms with E-state index in [9.17, 15) is 9.59 Å². The van der Waals surface area contributed by atoms with E-state index in [1.54, 1.807) is 33.8 Å². The number of hydrogen-bond donors (Lipinski definition) is 1. The van der Waals surface area contributed by atoms with E-state index in [-0.39, 0.29) is 6.61 Å². The van der Waals surface area contributed by atoms with Crippen molar-refractivity contribution in [1.29, 1.82) is 0 Å². The van der Waals surface area contributed by atoms with Gasteiger partial charge in [-0.2, -0.15) is 0 Å².